The van der Waals surface area contributed by atoms with Crippen molar-refractivity contribution >= 4 is 28.9 Å². The molecule has 0 atom stereocenters. The minimum Gasteiger partial charge on any atom is -0.397 e. The maximum Gasteiger partial charge on any atom is 0.257 e. The maximum absolute atomic E-state index is 13.2. The van der Waals surface area contributed by atoms with Crippen LogP contribution in [0.5, 0.6) is 0 Å². The molecule has 1 heterocycles. The Hall–Kier alpha value is -2.14. The van der Waals surface area contributed by atoms with E-state index in [1.807, 2.05) is 0 Å². The number of hydrogen-bond acceptors (Lipinski definition) is 3. The van der Waals surface area contributed by atoms with E-state index in [1.165, 1.54) is 24.4 Å². The number of carbonyl (C=O) groups excluding carboxylic acids is 1. The lowest BCUT2D eigenvalue weighted by molar-refractivity contribution is 0.102. The number of aromatic nitrogens is 1. The highest BCUT2D eigenvalue weighted by Gasteiger charge is 2.12. The summed E-state index contributed by atoms with van der Waals surface area (Å²) >= 11 is 5.71. The van der Waals surface area contributed by atoms with Crippen LogP contribution in [0.3, 0.4) is 0 Å². The minimum absolute atomic E-state index is 0.162. The molecule has 0 spiro atoms. The fourth-order valence-electron chi connectivity index (χ4n) is 1.64. The molecule has 4 nitrogen and oxygen atoms in total. The van der Waals surface area contributed by atoms with Gasteiger partial charge in [0.05, 0.1) is 17.4 Å². The van der Waals surface area contributed by atoms with Crippen molar-refractivity contribution in [2.45, 2.75) is 6.92 Å². The molecule has 6 heteroatoms. The van der Waals surface area contributed by atoms with Gasteiger partial charge in [-0.1, -0.05) is 11.6 Å². The van der Waals surface area contributed by atoms with Crippen LogP contribution < -0.4 is 11.1 Å². The summed E-state index contributed by atoms with van der Waals surface area (Å²) in [7, 11) is 0. The Morgan fingerprint density at radius 1 is 1.37 bits per heavy atom. The van der Waals surface area contributed by atoms with Gasteiger partial charge in [-0.2, -0.15) is 0 Å². The normalized spacial score (nSPS) is 10.3. The predicted octanol–water partition coefficient (Wildman–Crippen LogP) is 3.02. The highest BCUT2D eigenvalue weighted by Crippen LogP contribution is 2.18. The lowest BCUT2D eigenvalue weighted by atomic mass is 10.2. The van der Waals surface area contributed by atoms with Gasteiger partial charge in [-0.25, -0.2) is 9.37 Å². The monoisotopic (exact) mass is 279 g/mol. The van der Waals surface area contributed by atoms with Gasteiger partial charge >= 0.3 is 0 Å². The molecule has 1 amide bonds. The Morgan fingerprint density at radius 3 is 2.79 bits per heavy atom. The van der Waals surface area contributed by atoms with Crippen molar-refractivity contribution < 1.29 is 9.18 Å². The fraction of sp³-hybridized carbons (Fsp3) is 0.0769. The van der Waals surface area contributed by atoms with E-state index in [0.29, 0.717) is 11.3 Å². The summed E-state index contributed by atoms with van der Waals surface area (Å²) in [4.78, 5) is 15.8. The summed E-state index contributed by atoms with van der Waals surface area (Å²) in [6, 6.07) is 5.61. The number of pyridine rings is 1. The van der Waals surface area contributed by atoms with Gasteiger partial charge in [0.25, 0.3) is 5.91 Å². The molecule has 0 saturated carbocycles. The van der Waals surface area contributed by atoms with E-state index < -0.39 is 11.7 Å². The average Bonchev–Trinajstić information content (AvgIpc) is 2.30. The second-order valence-electron chi connectivity index (χ2n) is 4.07. The van der Waals surface area contributed by atoms with Crippen LogP contribution in [-0.4, -0.2) is 10.9 Å². The van der Waals surface area contributed by atoms with Gasteiger partial charge in [0.2, 0.25) is 0 Å². The summed E-state index contributed by atoms with van der Waals surface area (Å²) in [6.07, 6.45) is 1.30. The van der Waals surface area contributed by atoms with Crippen molar-refractivity contribution in [2.75, 3.05) is 11.1 Å². The Labute approximate surface area is 114 Å². The molecule has 19 heavy (non-hydrogen) atoms. The number of anilines is 2. The van der Waals surface area contributed by atoms with Gasteiger partial charge < -0.3 is 11.1 Å². The number of halogens is 2. The van der Waals surface area contributed by atoms with Crippen molar-refractivity contribution in [2.24, 2.45) is 0 Å². The summed E-state index contributed by atoms with van der Waals surface area (Å²) in [5.41, 5.74) is 7.11. The summed E-state index contributed by atoms with van der Waals surface area (Å²) in [6.45, 7) is 1.73. The molecule has 0 unspecified atom stereocenters. The minimum atomic E-state index is -0.466. The van der Waals surface area contributed by atoms with E-state index in [9.17, 15) is 9.18 Å². The maximum atomic E-state index is 13.2. The standard InChI is InChI=1S/C13H11ClFN3O/c1-7-2-8(15)4-9(3-7)18-13(19)10-5-12(14)17-6-11(10)16/h2-6H,16H2,1H3,(H,18,19). The first kappa shape index (κ1) is 13.3. The number of rotatable bonds is 2. The van der Waals surface area contributed by atoms with Crippen LogP contribution in [0.4, 0.5) is 15.8 Å². The zero-order valence-corrected chi connectivity index (χ0v) is 10.8. The molecule has 1 aromatic carbocycles. The number of aryl methyl sites for hydroxylation is 1. The van der Waals surface area contributed by atoms with Crippen molar-refractivity contribution in [3.63, 3.8) is 0 Å². The second-order valence-corrected chi connectivity index (χ2v) is 4.45. The van der Waals surface area contributed by atoms with Gasteiger partial charge in [0.1, 0.15) is 11.0 Å². The van der Waals surface area contributed by atoms with E-state index in [4.69, 9.17) is 17.3 Å². The molecule has 0 saturated heterocycles. The quantitative estimate of drug-likeness (QED) is 0.830. The summed E-state index contributed by atoms with van der Waals surface area (Å²) in [5.74, 6) is -0.886. The molecule has 2 aromatic rings. The van der Waals surface area contributed by atoms with Crippen LogP contribution in [0.2, 0.25) is 5.15 Å². The third-order valence-corrected chi connectivity index (χ3v) is 2.65. The number of nitrogens with zero attached hydrogens (tertiary/aromatic N) is 1. The van der Waals surface area contributed by atoms with Crippen LogP contribution in [0, 0.1) is 12.7 Å². The Balaban J connectivity index is 2.28. The van der Waals surface area contributed by atoms with Gasteiger partial charge in [0, 0.05) is 5.69 Å². The number of amides is 1. The smallest absolute Gasteiger partial charge is 0.257 e. The molecule has 0 fully saturated rings. The first-order valence-electron chi connectivity index (χ1n) is 5.45. The molecule has 0 aliphatic rings. The van der Waals surface area contributed by atoms with E-state index >= 15 is 0 Å². The van der Waals surface area contributed by atoms with Crippen LogP contribution in [0.1, 0.15) is 15.9 Å². The Bertz CT molecular complexity index is 626. The van der Waals surface area contributed by atoms with Gasteiger partial charge in [-0.05, 0) is 36.8 Å². The van der Waals surface area contributed by atoms with Crippen LogP contribution in [-0.2, 0) is 0 Å². The second kappa shape index (κ2) is 5.24. The Morgan fingerprint density at radius 2 is 2.11 bits per heavy atom. The molecular weight excluding hydrogens is 269 g/mol. The third-order valence-electron chi connectivity index (χ3n) is 2.45. The van der Waals surface area contributed by atoms with Crippen LogP contribution in [0.15, 0.2) is 30.5 Å². The number of carbonyl (C=O) groups is 1. The van der Waals surface area contributed by atoms with E-state index in [1.54, 1.807) is 13.0 Å². The number of nitrogens with one attached hydrogen (secondary N) is 1. The molecule has 0 bridgehead atoms. The molecule has 2 rings (SSSR count). The molecule has 0 aliphatic heterocycles. The van der Waals surface area contributed by atoms with Crippen LogP contribution >= 0.6 is 11.6 Å². The topological polar surface area (TPSA) is 68.0 Å². The third kappa shape index (κ3) is 3.20. The fourth-order valence-corrected chi connectivity index (χ4v) is 1.80. The molecule has 98 valence electrons. The Kier molecular flexibility index (Phi) is 3.66. The number of benzene rings is 1. The van der Waals surface area contributed by atoms with Crippen molar-refractivity contribution in [3.8, 4) is 0 Å². The van der Waals surface area contributed by atoms with Crippen molar-refractivity contribution in [1.29, 1.82) is 0 Å². The van der Waals surface area contributed by atoms with Gasteiger partial charge in [0.15, 0.2) is 0 Å². The molecular formula is C13H11ClFN3O. The first-order chi connectivity index (χ1) is 8.95. The lowest BCUT2D eigenvalue weighted by Gasteiger charge is -2.08. The molecule has 0 radical (unpaired) electrons. The molecule has 3 N–H and O–H groups in total. The van der Waals surface area contributed by atoms with E-state index in [-0.39, 0.29) is 16.4 Å². The van der Waals surface area contributed by atoms with Gasteiger partial charge in [-0.3, -0.25) is 4.79 Å². The molecule has 0 aliphatic carbocycles. The van der Waals surface area contributed by atoms with Crippen LogP contribution in [0.25, 0.3) is 0 Å². The zero-order chi connectivity index (χ0) is 14.0. The van der Waals surface area contributed by atoms with Gasteiger partial charge in [-0.15, -0.1) is 0 Å². The van der Waals surface area contributed by atoms with E-state index in [0.717, 1.165) is 0 Å². The van der Waals surface area contributed by atoms with Crippen molar-refractivity contribution in [3.05, 3.63) is 52.6 Å². The number of nitrogens with two attached hydrogens (primary N) is 1. The largest absolute Gasteiger partial charge is 0.397 e. The predicted molar refractivity (Wildman–Crippen MR) is 72.7 cm³/mol. The SMILES string of the molecule is Cc1cc(F)cc(NC(=O)c2cc(Cl)ncc2N)c1. The number of nitrogen functional groups attached to an aromatic ring is 1. The number of hydrogen-bond donors (Lipinski definition) is 2. The molecule has 1 aromatic heterocycles. The summed E-state index contributed by atoms with van der Waals surface area (Å²) < 4.78 is 13.2. The highest BCUT2D eigenvalue weighted by molar-refractivity contribution is 6.30. The first-order valence-corrected chi connectivity index (χ1v) is 5.83. The average molecular weight is 280 g/mol. The van der Waals surface area contributed by atoms with Crippen molar-refractivity contribution in [1.82, 2.24) is 4.98 Å². The summed E-state index contributed by atoms with van der Waals surface area (Å²) in [5, 5.41) is 2.72. The lowest BCUT2D eigenvalue weighted by Crippen LogP contribution is -2.14. The zero-order valence-electron chi connectivity index (χ0n) is 10.1. The van der Waals surface area contributed by atoms with E-state index in [2.05, 4.69) is 10.3 Å². The highest BCUT2D eigenvalue weighted by atomic mass is 35.5.